The van der Waals surface area contributed by atoms with Gasteiger partial charge in [0.2, 0.25) is 5.91 Å². The number of ketones is 1. The summed E-state index contributed by atoms with van der Waals surface area (Å²) >= 11 is 3.52. The second-order valence-electron chi connectivity index (χ2n) is 8.33. The van der Waals surface area contributed by atoms with Crippen molar-refractivity contribution in [1.29, 1.82) is 0 Å². The summed E-state index contributed by atoms with van der Waals surface area (Å²) in [5, 5.41) is 2.95. The van der Waals surface area contributed by atoms with Crippen LogP contribution in [0.4, 0.5) is 5.69 Å². The predicted molar refractivity (Wildman–Crippen MR) is 107 cm³/mol. The minimum absolute atomic E-state index is 0.103. The van der Waals surface area contributed by atoms with E-state index in [4.69, 9.17) is 4.74 Å². The highest BCUT2D eigenvalue weighted by molar-refractivity contribution is 9.10. The van der Waals surface area contributed by atoms with Gasteiger partial charge in [-0.15, -0.1) is 0 Å². The summed E-state index contributed by atoms with van der Waals surface area (Å²) in [6.07, 6.45) is 2.11. The van der Waals surface area contributed by atoms with Crippen molar-refractivity contribution in [2.75, 3.05) is 11.9 Å². The number of alkyl halides is 1. The lowest BCUT2D eigenvalue weighted by Crippen LogP contribution is -2.48. The highest BCUT2D eigenvalue weighted by atomic mass is 79.9. The maximum Gasteiger partial charge on any atom is 0.338 e. The van der Waals surface area contributed by atoms with Crippen LogP contribution in [0.5, 0.6) is 0 Å². The van der Waals surface area contributed by atoms with E-state index in [0.717, 1.165) is 6.42 Å². The summed E-state index contributed by atoms with van der Waals surface area (Å²) in [6, 6.07) is 6.74. The van der Waals surface area contributed by atoms with E-state index in [1.165, 1.54) is 0 Å². The van der Waals surface area contributed by atoms with E-state index in [1.54, 1.807) is 24.3 Å². The Bertz CT molecular complexity index is 805. The molecule has 2 saturated carbocycles. The zero-order valence-corrected chi connectivity index (χ0v) is 17.8. The summed E-state index contributed by atoms with van der Waals surface area (Å²) in [5.74, 6) is -0.483. The monoisotopic (exact) mass is 435 g/mol. The van der Waals surface area contributed by atoms with E-state index in [2.05, 4.69) is 21.2 Å². The number of ether oxygens (including phenoxy) is 1. The van der Waals surface area contributed by atoms with Gasteiger partial charge in [0.15, 0.2) is 5.78 Å². The fourth-order valence-corrected chi connectivity index (χ4v) is 6.21. The SMILES string of the molecule is CCCOC(=O)c1cccc(NC(=O)C23CCC(C)(C(=O)C2Br)C3(C)C)c1. The average molecular weight is 436 g/mol. The normalized spacial score (nSPS) is 31.0. The number of benzene rings is 1. The van der Waals surface area contributed by atoms with Crippen molar-refractivity contribution in [2.45, 2.75) is 51.8 Å². The molecule has 0 saturated heterocycles. The Hall–Kier alpha value is -1.69. The fourth-order valence-electron chi connectivity index (χ4n) is 4.70. The van der Waals surface area contributed by atoms with Crippen LogP contribution in [-0.4, -0.2) is 29.1 Å². The summed E-state index contributed by atoms with van der Waals surface area (Å²) in [5.41, 5.74) is -0.856. The zero-order valence-electron chi connectivity index (χ0n) is 16.2. The molecule has 146 valence electrons. The number of nitrogens with one attached hydrogen (secondary N) is 1. The molecule has 0 spiro atoms. The predicted octanol–water partition coefficient (Wildman–Crippen LogP) is 4.35. The van der Waals surface area contributed by atoms with Crippen LogP contribution in [-0.2, 0) is 14.3 Å². The molecule has 0 aliphatic heterocycles. The Morgan fingerprint density at radius 3 is 2.56 bits per heavy atom. The molecule has 0 aromatic heterocycles. The third-order valence-electron chi connectivity index (χ3n) is 6.92. The molecule has 2 bridgehead atoms. The molecule has 0 heterocycles. The molecule has 5 nitrogen and oxygen atoms in total. The van der Waals surface area contributed by atoms with Crippen molar-refractivity contribution in [3.63, 3.8) is 0 Å². The van der Waals surface area contributed by atoms with Crippen molar-refractivity contribution in [3.8, 4) is 0 Å². The first-order valence-electron chi connectivity index (χ1n) is 9.39. The van der Waals surface area contributed by atoms with Crippen molar-refractivity contribution in [2.24, 2.45) is 16.2 Å². The Labute approximate surface area is 168 Å². The molecular formula is C21H26BrNO4. The number of esters is 1. The molecule has 2 aliphatic rings. The van der Waals surface area contributed by atoms with Gasteiger partial charge in [0.05, 0.1) is 22.4 Å². The standard InChI is InChI=1S/C21H26BrNO4/c1-5-11-27-17(25)13-7-6-8-14(12-13)23-18(26)21-10-9-20(4,19(21,2)3)16(24)15(21)22/h6-8,12,15H,5,9-11H2,1-4H3,(H,23,26). The average Bonchev–Trinajstić information content (AvgIpc) is 2.91. The summed E-state index contributed by atoms with van der Waals surface area (Å²) < 4.78 is 5.16. The number of amides is 1. The van der Waals surface area contributed by atoms with Crippen LogP contribution < -0.4 is 5.32 Å². The minimum atomic E-state index is -0.808. The minimum Gasteiger partial charge on any atom is -0.462 e. The van der Waals surface area contributed by atoms with E-state index < -0.39 is 27.0 Å². The lowest BCUT2D eigenvalue weighted by Gasteiger charge is -2.39. The van der Waals surface area contributed by atoms with Crippen molar-refractivity contribution < 1.29 is 19.1 Å². The second-order valence-corrected chi connectivity index (χ2v) is 9.24. The molecule has 2 fully saturated rings. The quantitative estimate of drug-likeness (QED) is 0.550. The number of carbonyl (C=O) groups is 3. The van der Waals surface area contributed by atoms with Gasteiger partial charge in [0, 0.05) is 11.1 Å². The first-order chi connectivity index (χ1) is 12.6. The molecule has 3 rings (SSSR count). The van der Waals surface area contributed by atoms with Gasteiger partial charge in [0.1, 0.15) is 0 Å². The van der Waals surface area contributed by atoms with E-state index in [1.807, 2.05) is 27.7 Å². The number of hydrogen-bond donors (Lipinski definition) is 1. The number of Topliss-reactive ketones (excluding diaryl/α,β-unsaturated/α-hetero) is 1. The molecule has 1 aromatic carbocycles. The van der Waals surface area contributed by atoms with Gasteiger partial charge < -0.3 is 10.1 Å². The molecule has 27 heavy (non-hydrogen) atoms. The third-order valence-corrected chi connectivity index (χ3v) is 8.12. The van der Waals surface area contributed by atoms with Crippen LogP contribution in [0.2, 0.25) is 0 Å². The van der Waals surface area contributed by atoms with Gasteiger partial charge in [-0.05, 0) is 42.9 Å². The first-order valence-corrected chi connectivity index (χ1v) is 10.3. The highest BCUT2D eigenvalue weighted by Crippen LogP contribution is 2.72. The number of halogens is 1. The van der Waals surface area contributed by atoms with Crippen molar-refractivity contribution in [3.05, 3.63) is 29.8 Å². The lowest BCUT2D eigenvalue weighted by molar-refractivity contribution is -0.130. The third kappa shape index (κ3) is 2.67. The van der Waals surface area contributed by atoms with Crippen LogP contribution in [0.3, 0.4) is 0 Å². The van der Waals surface area contributed by atoms with E-state index >= 15 is 0 Å². The van der Waals surface area contributed by atoms with Gasteiger partial charge in [-0.3, -0.25) is 9.59 Å². The van der Waals surface area contributed by atoms with Crippen LogP contribution >= 0.6 is 15.9 Å². The highest BCUT2D eigenvalue weighted by Gasteiger charge is 2.76. The molecule has 2 aliphatic carbocycles. The Kier molecular flexibility index (Phi) is 5.00. The maximum atomic E-state index is 13.4. The Morgan fingerprint density at radius 2 is 1.96 bits per heavy atom. The van der Waals surface area contributed by atoms with Crippen LogP contribution in [0, 0.1) is 16.2 Å². The Morgan fingerprint density at radius 1 is 1.26 bits per heavy atom. The van der Waals surface area contributed by atoms with Crippen LogP contribution in [0.25, 0.3) is 0 Å². The first kappa shape index (κ1) is 20.1. The summed E-state index contributed by atoms with van der Waals surface area (Å²) in [6.45, 7) is 8.28. The molecule has 1 amide bonds. The molecule has 6 heteroatoms. The summed E-state index contributed by atoms with van der Waals surface area (Å²) in [7, 11) is 0. The number of carbonyl (C=O) groups excluding carboxylic acids is 3. The largest absolute Gasteiger partial charge is 0.462 e. The van der Waals surface area contributed by atoms with Gasteiger partial charge in [-0.2, -0.15) is 0 Å². The van der Waals surface area contributed by atoms with Gasteiger partial charge in [0.25, 0.3) is 0 Å². The molecule has 1 N–H and O–H groups in total. The van der Waals surface area contributed by atoms with E-state index in [-0.39, 0.29) is 11.7 Å². The number of rotatable bonds is 5. The molecule has 0 radical (unpaired) electrons. The van der Waals surface area contributed by atoms with Gasteiger partial charge in [-0.1, -0.05) is 49.7 Å². The van der Waals surface area contributed by atoms with Gasteiger partial charge in [-0.25, -0.2) is 4.79 Å². The number of hydrogen-bond acceptors (Lipinski definition) is 4. The topological polar surface area (TPSA) is 72.5 Å². The summed E-state index contributed by atoms with van der Waals surface area (Å²) in [4.78, 5) is 37.7. The Balaban J connectivity index is 1.86. The molecule has 3 atom stereocenters. The molecular weight excluding hydrogens is 410 g/mol. The molecule has 1 aromatic rings. The molecule has 3 unspecified atom stereocenters. The lowest BCUT2D eigenvalue weighted by atomic mass is 9.64. The van der Waals surface area contributed by atoms with E-state index in [0.29, 0.717) is 30.7 Å². The van der Waals surface area contributed by atoms with Crippen molar-refractivity contribution in [1.82, 2.24) is 0 Å². The number of anilines is 1. The zero-order chi connectivity index (χ0) is 20.0. The van der Waals surface area contributed by atoms with Crippen molar-refractivity contribution >= 4 is 39.3 Å². The fraction of sp³-hybridized carbons (Fsp3) is 0.571. The second kappa shape index (κ2) is 6.73. The smallest absolute Gasteiger partial charge is 0.338 e. The van der Waals surface area contributed by atoms with E-state index in [9.17, 15) is 14.4 Å². The van der Waals surface area contributed by atoms with Crippen LogP contribution in [0.15, 0.2) is 24.3 Å². The maximum absolute atomic E-state index is 13.4. The van der Waals surface area contributed by atoms with Gasteiger partial charge >= 0.3 is 5.97 Å². The number of fused-ring (bicyclic) bond motifs is 2. The van der Waals surface area contributed by atoms with Crippen LogP contribution in [0.1, 0.15) is 57.3 Å².